The molecule has 3 nitrogen and oxygen atoms in total. The zero-order valence-electron chi connectivity index (χ0n) is 6.45. The summed E-state index contributed by atoms with van der Waals surface area (Å²) in [4.78, 5) is 12.5. The van der Waals surface area contributed by atoms with Crippen LogP contribution in [0.4, 0.5) is 0 Å². The molecule has 0 aromatic carbocycles. The minimum absolute atomic E-state index is 0. The number of nitrogens with zero attached hydrogens (tertiary/aromatic N) is 1. The van der Waals surface area contributed by atoms with E-state index in [1.165, 1.54) is 0 Å². The lowest BCUT2D eigenvalue weighted by atomic mass is 10.1. The van der Waals surface area contributed by atoms with Gasteiger partial charge in [-0.2, -0.15) is 0 Å². The molecule has 0 saturated carbocycles. The summed E-state index contributed by atoms with van der Waals surface area (Å²) in [5.41, 5.74) is 5.59. The molecule has 68 valence electrons. The maximum atomic E-state index is 10.8. The molecule has 0 aliphatic carbocycles. The van der Waals surface area contributed by atoms with Crippen LogP contribution in [-0.2, 0) is 4.79 Å². The van der Waals surface area contributed by atoms with Crippen LogP contribution < -0.4 is 5.73 Å². The van der Waals surface area contributed by atoms with Gasteiger partial charge in [0.2, 0.25) is 5.91 Å². The molecule has 1 fully saturated rings. The zero-order chi connectivity index (χ0) is 6.85. The third kappa shape index (κ3) is 3.79. The number of nitrogens with two attached hydrogens (primary N) is 1. The Balaban J connectivity index is 0. The fourth-order valence-electron chi connectivity index (χ4n) is 1.04. The van der Waals surface area contributed by atoms with Crippen molar-refractivity contribution < 1.29 is 4.79 Å². The van der Waals surface area contributed by atoms with E-state index in [2.05, 4.69) is 0 Å². The fourth-order valence-corrected chi connectivity index (χ4v) is 1.04. The molecule has 11 heavy (non-hydrogen) atoms. The Labute approximate surface area is 79.1 Å². The Kier molecular flexibility index (Phi) is 6.96. The monoisotopic (exact) mass is 200 g/mol. The van der Waals surface area contributed by atoms with E-state index in [0.29, 0.717) is 6.42 Å². The van der Waals surface area contributed by atoms with Gasteiger partial charge in [0.15, 0.2) is 0 Å². The van der Waals surface area contributed by atoms with Gasteiger partial charge in [-0.15, -0.1) is 24.8 Å². The molecule has 1 rings (SSSR count). The van der Waals surface area contributed by atoms with E-state index in [0.717, 1.165) is 13.0 Å². The first-order valence-corrected chi connectivity index (χ1v) is 3.19. The van der Waals surface area contributed by atoms with E-state index >= 15 is 0 Å². The number of likely N-dealkylation sites (tertiary alicyclic amines) is 1. The quantitative estimate of drug-likeness (QED) is 0.617. The van der Waals surface area contributed by atoms with Crippen LogP contribution in [-0.4, -0.2) is 30.4 Å². The Morgan fingerprint density at radius 2 is 2.09 bits per heavy atom. The molecule has 5 heteroatoms. The van der Waals surface area contributed by atoms with Crippen LogP contribution in [0.2, 0.25) is 0 Å². The minimum Gasteiger partial charge on any atom is -0.344 e. The maximum absolute atomic E-state index is 10.8. The second-order valence-electron chi connectivity index (χ2n) is 2.57. The van der Waals surface area contributed by atoms with Crippen molar-refractivity contribution in [2.45, 2.75) is 18.9 Å². The van der Waals surface area contributed by atoms with Gasteiger partial charge in [0.25, 0.3) is 0 Å². The zero-order valence-corrected chi connectivity index (χ0v) is 8.08. The Morgan fingerprint density at radius 3 is 2.45 bits per heavy atom. The van der Waals surface area contributed by atoms with Crippen molar-refractivity contribution in [3.05, 3.63) is 0 Å². The van der Waals surface area contributed by atoms with E-state index < -0.39 is 0 Å². The van der Waals surface area contributed by atoms with Crippen molar-refractivity contribution >= 4 is 30.7 Å². The highest BCUT2D eigenvalue weighted by atomic mass is 35.5. The second kappa shape index (κ2) is 5.63. The summed E-state index contributed by atoms with van der Waals surface area (Å²) in [5.74, 6) is 0.219. The van der Waals surface area contributed by atoms with Crippen LogP contribution >= 0.6 is 24.8 Å². The Bertz CT molecular complexity index is 132. The largest absolute Gasteiger partial charge is 0.344 e. The van der Waals surface area contributed by atoms with E-state index in [1.807, 2.05) is 0 Å². The lowest BCUT2D eigenvalue weighted by Gasteiger charge is -2.26. The highest BCUT2D eigenvalue weighted by Gasteiger charge is 2.18. The Morgan fingerprint density at radius 1 is 1.55 bits per heavy atom. The average Bonchev–Trinajstić information content (AvgIpc) is 1.80. The first-order valence-electron chi connectivity index (χ1n) is 3.19. The van der Waals surface area contributed by atoms with E-state index in [9.17, 15) is 4.79 Å². The van der Waals surface area contributed by atoms with Crippen molar-refractivity contribution in [1.82, 2.24) is 4.90 Å². The van der Waals surface area contributed by atoms with Crippen molar-refractivity contribution in [3.63, 3.8) is 0 Å². The van der Waals surface area contributed by atoms with Gasteiger partial charge in [0.05, 0.1) is 0 Å². The van der Waals surface area contributed by atoms with Gasteiger partial charge in [-0.25, -0.2) is 0 Å². The molecular formula is C6H14Cl2N2O. The van der Waals surface area contributed by atoms with Crippen LogP contribution in [0.3, 0.4) is 0 Å². The molecule has 0 aromatic heterocycles. The first-order chi connectivity index (χ1) is 4.20. The lowest BCUT2D eigenvalue weighted by molar-refractivity contribution is -0.132. The van der Waals surface area contributed by atoms with Crippen LogP contribution in [0.5, 0.6) is 0 Å². The molecule has 0 aromatic rings. The van der Waals surface area contributed by atoms with Crippen molar-refractivity contribution in [2.24, 2.45) is 5.73 Å². The summed E-state index contributed by atoms with van der Waals surface area (Å²) in [5, 5.41) is 0. The predicted octanol–water partition coefficient (Wildman–Crippen LogP) is 0.410. The molecule has 1 saturated heterocycles. The summed E-state index contributed by atoms with van der Waals surface area (Å²) in [6.45, 7) is 0.721. The van der Waals surface area contributed by atoms with Crippen LogP contribution in [0, 0.1) is 0 Å². The molecule has 0 bridgehead atoms. The van der Waals surface area contributed by atoms with Crippen molar-refractivity contribution in [2.75, 3.05) is 13.6 Å². The number of rotatable bonds is 0. The van der Waals surface area contributed by atoms with Gasteiger partial charge in [-0.05, 0) is 6.42 Å². The topological polar surface area (TPSA) is 46.3 Å². The number of piperidine rings is 1. The first kappa shape index (κ1) is 13.6. The second-order valence-corrected chi connectivity index (χ2v) is 2.57. The van der Waals surface area contributed by atoms with Crippen molar-refractivity contribution in [3.8, 4) is 0 Å². The smallest absolute Gasteiger partial charge is 0.222 e. The van der Waals surface area contributed by atoms with Crippen LogP contribution in [0.25, 0.3) is 0 Å². The van der Waals surface area contributed by atoms with Gasteiger partial charge in [-0.3, -0.25) is 4.79 Å². The highest BCUT2D eigenvalue weighted by molar-refractivity contribution is 5.85. The molecule has 1 heterocycles. The number of hydrogen-bond acceptors (Lipinski definition) is 2. The molecule has 1 aliphatic heterocycles. The number of hydrogen-bond donors (Lipinski definition) is 1. The summed E-state index contributed by atoms with van der Waals surface area (Å²) >= 11 is 0. The van der Waals surface area contributed by atoms with Gasteiger partial charge >= 0.3 is 0 Å². The van der Waals surface area contributed by atoms with Gasteiger partial charge < -0.3 is 10.6 Å². The number of likely N-dealkylation sites (N-methyl/N-ethyl adjacent to an activating group) is 1. The van der Waals surface area contributed by atoms with E-state index in [-0.39, 0.29) is 36.8 Å². The predicted molar refractivity (Wildman–Crippen MR) is 49.3 cm³/mol. The number of halogens is 2. The number of carbonyl (C=O) groups excluding carboxylic acids is 1. The average molecular weight is 201 g/mol. The van der Waals surface area contributed by atoms with E-state index in [4.69, 9.17) is 5.73 Å². The molecule has 2 N–H and O–H groups in total. The Hall–Kier alpha value is 0.01000. The molecule has 1 amide bonds. The third-order valence-electron chi connectivity index (χ3n) is 1.66. The number of carbonyl (C=O) groups is 1. The molecule has 1 unspecified atom stereocenters. The molecule has 1 aliphatic rings. The molecule has 0 radical (unpaired) electrons. The van der Waals surface area contributed by atoms with Gasteiger partial charge in [0.1, 0.15) is 0 Å². The fraction of sp³-hybridized carbons (Fsp3) is 0.833. The minimum atomic E-state index is 0. The van der Waals surface area contributed by atoms with Crippen LogP contribution in [0.1, 0.15) is 12.8 Å². The molecule has 0 spiro atoms. The van der Waals surface area contributed by atoms with Crippen LogP contribution in [0.15, 0.2) is 0 Å². The summed E-state index contributed by atoms with van der Waals surface area (Å²) in [6, 6.07) is 0.202. The maximum Gasteiger partial charge on any atom is 0.222 e. The molecule has 1 atom stereocenters. The molecular weight excluding hydrogens is 187 g/mol. The summed E-state index contributed by atoms with van der Waals surface area (Å²) in [7, 11) is 1.79. The van der Waals surface area contributed by atoms with E-state index in [1.54, 1.807) is 11.9 Å². The van der Waals surface area contributed by atoms with Gasteiger partial charge in [-0.1, -0.05) is 0 Å². The summed E-state index contributed by atoms with van der Waals surface area (Å²) < 4.78 is 0. The lowest BCUT2D eigenvalue weighted by Crippen LogP contribution is -2.43. The summed E-state index contributed by atoms with van der Waals surface area (Å²) in [6.07, 6.45) is 1.47. The third-order valence-corrected chi connectivity index (χ3v) is 1.66. The SMILES string of the molecule is CN1CC(N)CCC1=O.Cl.Cl. The number of amides is 1. The van der Waals surface area contributed by atoms with Gasteiger partial charge in [0, 0.05) is 26.1 Å². The van der Waals surface area contributed by atoms with Crippen molar-refractivity contribution in [1.29, 1.82) is 0 Å². The normalized spacial score (nSPS) is 23.6. The highest BCUT2D eigenvalue weighted by Crippen LogP contribution is 2.06. The standard InChI is InChI=1S/C6H12N2O.2ClH/c1-8-4-5(7)2-3-6(8)9;;/h5H,2-4,7H2,1H3;2*1H.